The van der Waals surface area contributed by atoms with Gasteiger partial charge in [0.2, 0.25) is 0 Å². The summed E-state index contributed by atoms with van der Waals surface area (Å²) in [4.78, 5) is 0. The van der Waals surface area contributed by atoms with Gasteiger partial charge in [-0.2, -0.15) is 0 Å². The fourth-order valence-electron chi connectivity index (χ4n) is 3.18. The summed E-state index contributed by atoms with van der Waals surface area (Å²) in [6.45, 7) is 3.24. The third kappa shape index (κ3) is 6.33. The summed E-state index contributed by atoms with van der Waals surface area (Å²) in [5.41, 5.74) is 3.30. The monoisotopic (exact) mass is 393 g/mol. The summed E-state index contributed by atoms with van der Waals surface area (Å²) in [7, 11) is 1.64. The third-order valence-corrected chi connectivity index (χ3v) is 4.93. The molecule has 152 valence electrons. The number of hydrogen-bond acceptors (Lipinski definition) is 3. The van der Waals surface area contributed by atoms with Gasteiger partial charge in [-0.05, 0) is 49.1 Å². The molecule has 0 spiro atoms. The van der Waals surface area contributed by atoms with Gasteiger partial charge in [0.05, 0.1) is 7.11 Å². The van der Waals surface area contributed by atoms with Gasteiger partial charge >= 0.3 is 0 Å². The second-order valence-electron chi connectivity index (χ2n) is 7.17. The van der Waals surface area contributed by atoms with Gasteiger partial charge in [0, 0.05) is 18.2 Å². The van der Waals surface area contributed by atoms with Crippen LogP contribution in [0.15, 0.2) is 72.8 Å². The Kier molecular flexibility index (Phi) is 7.65. The first-order valence-electron chi connectivity index (χ1n) is 9.96. The van der Waals surface area contributed by atoms with Crippen LogP contribution in [-0.4, -0.2) is 13.2 Å². The molecule has 3 rings (SSSR count). The molecule has 1 atom stereocenters. The first kappa shape index (κ1) is 20.9. The van der Waals surface area contributed by atoms with Crippen molar-refractivity contribution in [2.24, 2.45) is 0 Å². The maximum absolute atomic E-state index is 13.1. The minimum atomic E-state index is -0.250. The van der Waals surface area contributed by atoms with Crippen LogP contribution in [-0.2, 0) is 19.6 Å². The first-order chi connectivity index (χ1) is 14.2. The molecule has 4 heteroatoms. The van der Waals surface area contributed by atoms with E-state index < -0.39 is 0 Å². The highest BCUT2D eigenvalue weighted by Crippen LogP contribution is 2.32. The van der Waals surface area contributed by atoms with E-state index >= 15 is 0 Å². The Balaban J connectivity index is 1.60. The highest BCUT2D eigenvalue weighted by Gasteiger charge is 2.12. The number of nitrogens with one attached hydrogen (secondary N) is 1. The van der Waals surface area contributed by atoms with Crippen molar-refractivity contribution in [2.75, 3.05) is 7.11 Å². The van der Waals surface area contributed by atoms with Gasteiger partial charge in [0.1, 0.15) is 12.4 Å². The highest BCUT2D eigenvalue weighted by molar-refractivity contribution is 5.46. The van der Waals surface area contributed by atoms with Crippen molar-refractivity contribution >= 4 is 0 Å². The summed E-state index contributed by atoms with van der Waals surface area (Å²) in [6.07, 6.45) is 2.10. The molecule has 0 amide bonds. The molecule has 0 aliphatic rings. The van der Waals surface area contributed by atoms with Crippen LogP contribution < -0.4 is 14.8 Å². The standard InChI is InChI=1S/C25H28FNO2/c1-19(11-12-20-7-4-3-5-8-20)27-17-22-9-6-10-24(28-2)25(22)29-18-21-13-15-23(26)16-14-21/h3-10,13-16,19,27H,11-12,17-18H2,1-2H3. The van der Waals surface area contributed by atoms with E-state index in [1.165, 1.54) is 17.7 Å². The molecule has 0 aliphatic carbocycles. The van der Waals surface area contributed by atoms with Gasteiger partial charge in [-0.15, -0.1) is 0 Å². The van der Waals surface area contributed by atoms with E-state index in [2.05, 4.69) is 36.5 Å². The topological polar surface area (TPSA) is 30.5 Å². The molecule has 1 unspecified atom stereocenters. The van der Waals surface area contributed by atoms with Gasteiger partial charge in [-0.25, -0.2) is 4.39 Å². The predicted octanol–water partition coefficient (Wildman–Crippen LogP) is 5.52. The molecule has 0 bridgehead atoms. The smallest absolute Gasteiger partial charge is 0.166 e. The molecule has 0 fully saturated rings. The second kappa shape index (κ2) is 10.6. The van der Waals surface area contributed by atoms with Crippen molar-refractivity contribution in [2.45, 2.75) is 39.0 Å². The molecule has 3 aromatic rings. The summed E-state index contributed by atoms with van der Waals surface area (Å²) in [5.74, 6) is 1.17. The van der Waals surface area contributed by atoms with Crippen molar-refractivity contribution in [3.63, 3.8) is 0 Å². The van der Waals surface area contributed by atoms with E-state index in [1.807, 2.05) is 24.3 Å². The van der Waals surface area contributed by atoms with Gasteiger partial charge in [-0.3, -0.25) is 0 Å². The zero-order valence-corrected chi connectivity index (χ0v) is 17.0. The number of halogens is 1. The van der Waals surface area contributed by atoms with Crippen molar-refractivity contribution in [3.05, 3.63) is 95.3 Å². The van der Waals surface area contributed by atoms with Crippen molar-refractivity contribution in [3.8, 4) is 11.5 Å². The number of rotatable bonds is 10. The number of ether oxygens (including phenoxy) is 2. The Morgan fingerprint density at radius 3 is 2.38 bits per heavy atom. The van der Waals surface area contributed by atoms with E-state index in [4.69, 9.17) is 9.47 Å². The Hall–Kier alpha value is -2.85. The van der Waals surface area contributed by atoms with E-state index in [-0.39, 0.29) is 5.82 Å². The summed E-state index contributed by atoms with van der Waals surface area (Å²) in [5, 5.41) is 3.58. The zero-order chi connectivity index (χ0) is 20.5. The Morgan fingerprint density at radius 1 is 0.897 bits per heavy atom. The summed E-state index contributed by atoms with van der Waals surface area (Å²) < 4.78 is 24.7. The van der Waals surface area contributed by atoms with Gasteiger partial charge < -0.3 is 14.8 Å². The van der Waals surface area contributed by atoms with E-state index in [0.29, 0.717) is 24.9 Å². The Labute approximate surface area is 172 Å². The molecular formula is C25H28FNO2. The van der Waals surface area contributed by atoms with E-state index in [1.54, 1.807) is 19.2 Å². The average Bonchev–Trinajstić information content (AvgIpc) is 2.76. The minimum Gasteiger partial charge on any atom is -0.493 e. The number of aryl methyl sites for hydroxylation is 1. The molecule has 0 aliphatic heterocycles. The molecule has 0 saturated carbocycles. The lowest BCUT2D eigenvalue weighted by Gasteiger charge is -2.18. The van der Waals surface area contributed by atoms with Crippen LogP contribution in [0.1, 0.15) is 30.0 Å². The van der Waals surface area contributed by atoms with Crippen LogP contribution in [0.4, 0.5) is 4.39 Å². The van der Waals surface area contributed by atoms with Crippen LogP contribution in [0, 0.1) is 5.82 Å². The SMILES string of the molecule is COc1cccc(CNC(C)CCc2ccccc2)c1OCc1ccc(F)cc1. The summed E-state index contributed by atoms with van der Waals surface area (Å²) in [6, 6.07) is 23.1. The van der Waals surface area contributed by atoms with Crippen molar-refractivity contribution < 1.29 is 13.9 Å². The summed E-state index contributed by atoms with van der Waals surface area (Å²) >= 11 is 0. The molecule has 29 heavy (non-hydrogen) atoms. The Bertz CT molecular complexity index is 881. The lowest BCUT2D eigenvalue weighted by Crippen LogP contribution is -2.26. The second-order valence-corrected chi connectivity index (χ2v) is 7.17. The van der Waals surface area contributed by atoms with E-state index in [9.17, 15) is 4.39 Å². The maximum Gasteiger partial charge on any atom is 0.166 e. The van der Waals surface area contributed by atoms with Crippen LogP contribution in [0.2, 0.25) is 0 Å². The fraction of sp³-hybridized carbons (Fsp3) is 0.280. The largest absolute Gasteiger partial charge is 0.493 e. The number of benzene rings is 3. The zero-order valence-electron chi connectivity index (χ0n) is 17.0. The normalized spacial score (nSPS) is 11.8. The van der Waals surface area contributed by atoms with Crippen molar-refractivity contribution in [1.82, 2.24) is 5.32 Å². The Morgan fingerprint density at radius 2 is 1.66 bits per heavy atom. The highest BCUT2D eigenvalue weighted by atomic mass is 19.1. The van der Waals surface area contributed by atoms with Crippen LogP contribution in [0.3, 0.4) is 0 Å². The van der Waals surface area contributed by atoms with E-state index in [0.717, 1.165) is 29.7 Å². The van der Waals surface area contributed by atoms with Crippen LogP contribution in [0.5, 0.6) is 11.5 Å². The molecule has 3 nitrogen and oxygen atoms in total. The third-order valence-electron chi connectivity index (χ3n) is 4.93. The molecule has 0 aromatic heterocycles. The number of para-hydroxylation sites is 1. The first-order valence-corrected chi connectivity index (χ1v) is 9.96. The molecule has 1 N–H and O–H groups in total. The number of hydrogen-bond donors (Lipinski definition) is 1. The van der Waals surface area contributed by atoms with Crippen LogP contribution in [0.25, 0.3) is 0 Å². The van der Waals surface area contributed by atoms with Gasteiger partial charge in [-0.1, -0.05) is 54.6 Å². The quantitative estimate of drug-likeness (QED) is 0.492. The van der Waals surface area contributed by atoms with Gasteiger partial charge in [0.15, 0.2) is 11.5 Å². The lowest BCUT2D eigenvalue weighted by atomic mass is 10.1. The lowest BCUT2D eigenvalue weighted by molar-refractivity contribution is 0.280. The molecule has 0 heterocycles. The molecule has 0 saturated heterocycles. The van der Waals surface area contributed by atoms with Crippen LogP contribution >= 0.6 is 0 Å². The maximum atomic E-state index is 13.1. The average molecular weight is 394 g/mol. The van der Waals surface area contributed by atoms with Gasteiger partial charge in [0.25, 0.3) is 0 Å². The molecule has 3 aromatic carbocycles. The minimum absolute atomic E-state index is 0.250. The fourth-order valence-corrected chi connectivity index (χ4v) is 3.18. The van der Waals surface area contributed by atoms with Crippen molar-refractivity contribution in [1.29, 1.82) is 0 Å². The predicted molar refractivity (Wildman–Crippen MR) is 115 cm³/mol. The molecular weight excluding hydrogens is 365 g/mol. The molecule has 0 radical (unpaired) electrons. The number of methoxy groups -OCH3 is 1.